The predicted octanol–water partition coefficient (Wildman–Crippen LogP) is 4.40. The molecule has 0 spiro atoms. The van der Waals surface area contributed by atoms with Crippen LogP contribution >= 0.6 is 0 Å². The summed E-state index contributed by atoms with van der Waals surface area (Å²) in [7, 11) is 1.77. The van der Waals surface area contributed by atoms with E-state index in [1.165, 1.54) is 18.3 Å². The summed E-state index contributed by atoms with van der Waals surface area (Å²) in [6, 6.07) is 6.48. The third-order valence-corrected chi connectivity index (χ3v) is 6.32. The number of carbonyl (C=O) groups is 2. The van der Waals surface area contributed by atoms with Crippen molar-refractivity contribution in [1.82, 2.24) is 34.5 Å². The third kappa shape index (κ3) is 5.46. The highest BCUT2D eigenvalue weighted by Gasteiger charge is 2.38. The van der Waals surface area contributed by atoms with Crippen molar-refractivity contribution < 1.29 is 32.0 Å². The van der Waals surface area contributed by atoms with E-state index >= 15 is 0 Å². The average Bonchev–Trinajstić information content (AvgIpc) is 3.53. The van der Waals surface area contributed by atoms with Gasteiger partial charge in [-0.25, -0.2) is 4.79 Å². The first-order valence-corrected chi connectivity index (χ1v) is 12.4. The number of hydrogen-bond donors (Lipinski definition) is 0. The number of nitrogens with zero attached hydrogens (tertiary/aromatic N) is 7. The zero-order chi connectivity index (χ0) is 28.8. The van der Waals surface area contributed by atoms with Crippen LogP contribution in [0.15, 0.2) is 41.2 Å². The number of alkyl halides is 3. The number of carbonyl (C=O) groups excluding carboxylic acids is 2. The quantitative estimate of drug-likeness (QED) is 0.364. The zero-order valence-corrected chi connectivity index (χ0v) is 22.2. The van der Waals surface area contributed by atoms with Crippen molar-refractivity contribution in [3.63, 3.8) is 0 Å². The van der Waals surface area contributed by atoms with Crippen molar-refractivity contribution >= 4 is 22.9 Å². The summed E-state index contributed by atoms with van der Waals surface area (Å²) >= 11 is 0. The van der Waals surface area contributed by atoms with Gasteiger partial charge in [0.25, 0.3) is 5.91 Å². The SMILES string of the molecule is Cn1c(C(=O)N2CCN(C(=O)OC(C)(C)C)CC2)cc2cc(-c3cc(-c4noc(C(F)(F)F)n4)ccn3)ncc21. The molecular weight excluding hydrogens is 531 g/mol. The minimum absolute atomic E-state index is 0.179. The lowest BCUT2D eigenvalue weighted by molar-refractivity contribution is -0.159. The summed E-state index contributed by atoms with van der Waals surface area (Å²) in [6.45, 7) is 6.88. The molecule has 4 aromatic rings. The molecule has 5 heterocycles. The average molecular weight is 558 g/mol. The van der Waals surface area contributed by atoms with Crippen molar-refractivity contribution in [2.45, 2.75) is 32.5 Å². The Morgan fingerprint density at radius 2 is 1.65 bits per heavy atom. The number of fused-ring (bicyclic) bond motifs is 1. The fourth-order valence-electron chi connectivity index (χ4n) is 4.32. The van der Waals surface area contributed by atoms with Crippen LogP contribution in [0, 0.1) is 0 Å². The van der Waals surface area contributed by atoms with E-state index in [9.17, 15) is 22.8 Å². The molecule has 0 N–H and O–H groups in total. The highest BCUT2D eigenvalue weighted by Crippen LogP contribution is 2.31. The normalized spacial score (nSPS) is 14.6. The van der Waals surface area contributed by atoms with Gasteiger partial charge in [0, 0.05) is 50.4 Å². The number of ether oxygens (including phenoxy) is 1. The maximum Gasteiger partial charge on any atom is 0.471 e. The second-order valence-corrected chi connectivity index (χ2v) is 10.3. The Balaban J connectivity index is 1.34. The minimum atomic E-state index is -4.75. The van der Waals surface area contributed by atoms with Crippen LogP contribution in [0.2, 0.25) is 0 Å². The molecular formula is C26H26F3N7O4. The van der Waals surface area contributed by atoms with Crippen LogP contribution in [-0.2, 0) is 18.0 Å². The summed E-state index contributed by atoms with van der Waals surface area (Å²) in [4.78, 5) is 41.1. The lowest BCUT2D eigenvalue weighted by Crippen LogP contribution is -2.51. The second-order valence-electron chi connectivity index (χ2n) is 10.3. The molecule has 0 bridgehead atoms. The van der Waals surface area contributed by atoms with Gasteiger partial charge in [-0.3, -0.25) is 14.8 Å². The fourth-order valence-corrected chi connectivity index (χ4v) is 4.32. The summed E-state index contributed by atoms with van der Waals surface area (Å²) in [5.41, 5.74) is 1.68. The van der Waals surface area contributed by atoms with Gasteiger partial charge in [0.2, 0.25) is 5.82 Å². The molecule has 0 aliphatic carbocycles. The van der Waals surface area contributed by atoms with Crippen LogP contribution in [0.4, 0.5) is 18.0 Å². The van der Waals surface area contributed by atoms with E-state index in [-0.39, 0.29) is 17.3 Å². The van der Waals surface area contributed by atoms with Crippen molar-refractivity contribution in [3.05, 3.63) is 48.2 Å². The number of piperazine rings is 1. The molecule has 0 aromatic carbocycles. The number of pyridine rings is 2. The van der Waals surface area contributed by atoms with Gasteiger partial charge in [0.05, 0.1) is 23.1 Å². The Hall–Kier alpha value is -4.49. The molecule has 2 amide bonds. The first kappa shape index (κ1) is 27.1. The largest absolute Gasteiger partial charge is 0.471 e. The van der Waals surface area contributed by atoms with Crippen LogP contribution in [0.5, 0.6) is 0 Å². The number of aryl methyl sites for hydroxylation is 1. The monoisotopic (exact) mass is 557 g/mol. The third-order valence-electron chi connectivity index (χ3n) is 6.32. The van der Waals surface area contributed by atoms with Crippen LogP contribution in [0.3, 0.4) is 0 Å². The van der Waals surface area contributed by atoms with E-state index < -0.39 is 23.8 Å². The van der Waals surface area contributed by atoms with E-state index in [4.69, 9.17) is 4.74 Å². The van der Waals surface area contributed by atoms with Gasteiger partial charge in [0.1, 0.15) is 11.3 Å². The van der Waals surface area contributed by atoms with Gasteiger partial charge in [-0.05, 0) is 45.0 Å². The lowest BCUT2D eigenvalue weighted by Gasteiger charge is -2.35. The Labute approximate surface area is 226 Å². The highest BCUT2D eigenvalue weighted by atomic mass is 19.4. The van der Waals surface area contributed by atoms with Crippen LogP contribution < -0.4 is 0 Å². The molecule has 1 saturated heterocycles. The number of amides is 2. The molecule has 5 rings (SSSR count). The predicted molar refractivity (Wildman–Crippen MR) is 136 cm³/mol. The van der Waals surface area contributed by atoms with Crippen molar-refractivity contribution in [3.8, 4) is 22.8 Å². The number of rotatable bonds is 3. The molecule has 1 fully saturated rings. The standard InChI is InChI=1S/C26H26F3N7O4/c1-25(2,3)39-24(38)36-9-7-35(8-10-36)22(37)19-13-16-12-18(31-14-20(16)34(19)4)17-11-15(5-6-30-17)21-32-23(40-33-21)26(27,28)29/h5-6,11-14H,7-10H2,1-4H3. The Bertz CT molecular complexity index is 1580. The molecule has 210 valence electrons. The molecule has 11 nitrogen and oxygen atoms in total. The summed E-state index contributed by atoms with van der Waals surface area (Å²) in [5, 5.41) is 4.15. The van der Waals surface area contributed by atoms with Gasteiger partial charge in [0.15, 0.2) is 0 Å². The van der Waals surface area contributed by atoms with Gasteiger partial charge in [-0.15, -0.1) is 0 Å². The van der Waals surface area contributed by atoms with Crippen molar-refractivity contribution in [2.24, 2.45) is 7.05 Å². The molecule has 1 aliphatic rings. The Morgan fingerprint density at radius 1 is 0.975 bits per heavy atom. The molecule has 4 aromatic heterocycles. The van der Waals surface area contributed by atoms with Crippen LogP contribution in [-0.4, -0.2) is 78.3 Å². The highest BCUT2D eigenvalue weighted by molar-refractivity contribution is 5.99. The van der Waals surface area contributed by atoms with Gasteiger partial charge < -0.3 is 23.6 Å². The van der Waals surface area contributed by atoms with Crippen molar-refractivity contribution in [2.75, 3.05) is 26.2 Å². The van der Waals surface area contributed by atoms with Gasteiger partial charge in [-0.2, -0.15) is 18.2 Å². The smallest absolute Gasteiger partial charge is 0.444 e. The topological polar surface area (TPSA) is 119 Å². The van der Waals surface area contributed by atoms with Gasteiger partial charge >= 0.3 is 18.2 Å². The molecule has 0 atom stereocenters. The van der Waals surface area contributed by atoms with E-state index in [1.54, 1.807) is 60.5 Å². The van der Waals surface area contributed by atoms with E-state index in [2.05, 4.69) is 24.6 Å². The van der Waals surface area contributed by atoms with E-state index in [0.29, 0.717) is 48.8 Å². The maximum absolute atomic E-state index is 13.4. The Kier molecular flexibility index (Phi) is 6.72. The number of halogens is 3. The molecule has 0 radical (unpaired) electrons. The molecule has 0 unspecified atom stereocenters. The maximum atomic E-state index is 13.4. The van der Waals surface area contributed by atoms with Crippen molar-refractivity contribution in [1.29, 1.82) is 0 Å². The first-order valence-electron chi connectivity index (χ1n) is 12.4. The number of aromatic nitrogens is 5. The number of hydrogen-bond acceptors (Lipinski definition) is 8. The molecule has 40 heavy (non-hydrogen) atoms. The summed E-state index contributed by atoms with van der Waals surface area (Å²) in [6.07, 6.45) is -2.13. The first-order chi connectivity index (χ1) is 18.8. The van der Waals surface area contributed by atoms with Crippen LogP contribution in [0.1, 0.15) is 37.2 Å². The van der Waals surface area contributed by atoms with Gasteiger partial charge in [-0.1, -0.05) is 5.16 Å². The second kappa shape index (κ2) is 9.92. The fraction of sp³-hybridized carbons (Fsp3) is 0.385. The lowest BCUT2D eigenvalue weighted by atomic mass is 10.1. The zero-order valence-electron chi connectivity index (χ0n) is 22.2. The summed E-state index contributed by atoms with van der Waals surface area (Å²) < 4.78 is 50.1. The minimum Gasteiger partial charge on any atom is -0.444 e. The molecule has 14 heteroatoms. The van der Waals surface area contributed by atoms with E-state index in [1.807, 2.05) is 0 Å². The van der Waals surface area contributed by atoms with E-state index in [0.717, 1.165) is 5.39 Å². The molecule has 0 saturated carbocycles. The molecule has 1 aliphatic heterocycles. The Morgan fingerprint density at radius 3 is 2.30 bits per heavy atom. The van der Waals surface area contributed by atoms with Crippen LogP contribution in [0.25, 0.3) is 33.7 Å². The summed E-state index contributed by atoms with van der Waals surface area (Å²) in [5.74, 6) is -1.84.